The van der Waals surface area contributed by atoms with Crippen LogP contribution in [-0.2, 0) is 4.74 Å². The van der Waals surface area contributed by atoms with Gasteiger partial charge in [-0.2, -0.15) is 4.98 Å². The minimum absolute atomic E-state index is 0.623. The second-order valence-corrected chi connectivity index (χ2v) is 4.00. The SMILES string of the molecule is CCOCCN(CC)c1nc2ccc(N)cc2o1. The van der Waals surface area contributed by atoms with E-state index in [0.29, 0.717) is 18.3 Å². The van der Waals surface area contributed by atoms with E-state index in [4.69, 9.17) is 14.9 Å². The fourth-order valence-corrected chi connectivity index (χ4v) is 1.77. The normalized spacial score (nSPS) is 11.0. The molecule has 2 N–H and O–H groups in total. The van der Waals surface area contributed by atoms with Crippen molar-refractivity contribution in [2.45, 2.75) is 13.8 Å². The van der Waals surface area contributed by atoms with E-state index in [1.54, 1.807) is 6.07 Å². The molecule has 0 aliphatic heterocycles. The zero-order valence-electron chi connectivity index (χ0n) is 10.8. The number of nitrogens with zero attached hydrogens (tertiary/aromatic N) is 2. The summed E-state index contributed by atoms with van der Waals surface area (Å²) in [5.74, 6) is 0. The van der Waals surface area contributed by atoms with Crippen LogP contribution in [0.15, 0.2) is 22.6 Å². The number of ether oxygens (including phenoxy) is 1. The summed E-state index contributed by atoms with van der Waals surface area (Å²) in [6.07, 6.45) is 0. The van der Waals surface area contributed by atoms with Gasteiger partial charge in [0.1, 0.15) is 5.52 Å². The molecule has 0 atom stereocenters. The van der Waals surface area contributed by atoms with Crippen LogP contribution in [0.25, 0.3) is 11.1 Å². The standard InChI is InChI=1S/C13H19N3O2/c1-3-16(7-8-17-4-2)13-15-11-6-5-10(14)9-12(11)18-13/h5-6,9H,3-4,7-8,14H2,1-2H3. The van der Waals surface area contributed by atoms with E-state index in [1.807, 2.05) is 24.0 Å². The minimum Gasteiger partial charge on any atom is -0.423 e. The molecule has 0 unspecified atom stereocenters. The maximum absolute atomic E-state index is 5.72. The lowest BCUT2D eigenvalue weighted by Crippen LogP contribution is -2.27. The number of hydrogen-bond acceptors (Lipinski definition) is 5. The highest BCUT2D eigenvalue weighted by Gasteiger charge is 2.12. The number of nitrogen functional groups attached to an aromatic ring is 1. The predicted molar refractivity (Wildman–Crippen MR) is 72.8 cm³/mol. The summed E-state index contributed by atoms with van der Waals surface area (Å²) >= 11 is 0. The van der Waals surface area contributed by atoms with Crippen LogP contribution < -0.4 is 10.6 Å². The monoisotopic (exact) mass is 249 g/mol. The van der Waals surface area contributed by atoms with Crippen LogP contribution in [-0.4, -0.2) is 31.3 Å². The van der Waals surface area contributed by atoms with Gasteiger partial charge in [0.25, 0.3) is 6.01 Å². The summed E-state index contributed by atoms with van der Waals surface area (Å²) < 4.78 is 11.1. The molecule has 0 amide bonds. The van der Waals surface area contributed by atoms with Gasteiger partial charge in [0.05, 0.1) is 6.61 Å². The van der Waals surface area contributed by atoms with Crippen molar-refractivity contribution in [2.75, 3.05) is 36.9 Å². The van der Waals surface area contributed by atoms with Crippen LogP contribution in [0.3, 0.4) is 0 Å². The molecule has 0 aliphatic rings. The summed E-state index contributed by atoms with van der Waals surface area (Å²) in [5, 5.41) is 0. The van der Waals surface area contributed by atoms with E-state index >= 15 is 0 Å². The van der Waals surface area contributed by atoms with Crippen molar-refractivity contribution in [2.24, 2.45) is 0 Å². The van der Waals surface area contributed by atoms with Crippen LogP contribution in [0.2, 0.25) is 0 Å². The van der Waals surface area contributed by atoms with Gasteiger partial charge in [-0.3, -0.25) is 0 Å². The average molecular weight is 249 g/mol. The lowest BCUT2D eigenvalue weighted by molar-refractivity contribution is 0.153. The van der Waals surface area contributed by atoms with Crippen molar-refractivity contribution in [3.8, 4) is 0 Å². The average Bonchev–Trinajstić information content (AvgIpc) is 2.77. The van der Waals surface area contributed by atoms with Gasteiger partial charge < -0.3 is 19.8 Å². The number of rotatable bonds is 6. The minimum atomic E-state index is 0.623. The maximum Gasteiger partial charge on any atom is 0.298 e. The molecule has 0 saturated carbocycles. The Kier molecular flexibility index (Phi) is 4.04. The third-order valence-corrected chi connectivity index (χ3v) is 2.76. The van der Waals surface area contributed by atoms with Gasteiger partial charge in [0.15, 0.2) is 5.58 Å². The van der Waals surface area contributed by atoms with Gasteiger partial charge in [-0.1, -0.05) is 0 Å². The molecule has 2 aromatic rings. The van der Waals surface area contributed by atoms with Crippen molar-refractivity contribution >= 4 is 22.8 Å². The summed E-state index contributed by atoms with van der Waals surface area (Å²) in [5.41, 5.74) is 7.95. The van der Waals surface area contributed by atoms with Crippen molar-refractivity contribution in [3.05, 3.63) is 18.2 Å². The lowest BCUT2D eigenvalue weighted by atomic mass is 10.3. The lowest BCUT2D eigenvalue weighted by Gasteiger charge is -2.17. The van der Waals surface area contributed by atoms with E-state index in [1.165, 1.54) is 0 Å². The van der Waals surface area contributed by atoms with E-state index in [-0.39, 0.29) is 0 Å². The fraction of sp³-hybridized carbons (Fsp3) is 0.462. The maximum atomic E-state index is 5.72. The molecule has 1 heterocycles. The molecule has 18 heavy (non-hydrogen) atoms. The Balaban J connectivity index is 2.17. The molecule has 1 aromatic carbocycles. The number of aromatic nitrogens is 1. The molecule has 0 fully saturated rings. The van der Waals surface area contributed by atoms with Crippen molar-refractivity contribution in [1.29, 1.82) is 0 Å². The number of benzene rings is 1. The molecule has 98 valence electrons. The molecule has 5 heteroatoms. The summed E-state index contributed by atoms with van der Waals surface area (Å²) in [6, 6.07) is 6.11. The van der Waals surface area contributed by atoms with Gasteiger partial charge in [0.2, 0.25) is 0 Å². The zero-order valence-corrected chi connectivity index (χ0v) is 10.8. The Bertz CT molecular complexity index is 510. The zero-order chi connectivity index (χ0) is 13.0. The number of nitrogens with two attached hydrogens (primary N) is 1. The van der Waals surface area contributed by atoms with Crippen molar-refractivity contribution < 1.29 is 9.15 Å². The first-order valence-corrected chi connectivity index (χ1v) is 6.23. The highest BCUT2D eigenvalue weighted by molar-refractivity contribution is 5.78. The predicted octanol–water partition coefficient (Wildman–Crippen LogP) is 2.27. The highest BCUT2D eigenvalue weighted by Crippen LogP contribution is 2.23. The largest absolute Gasteiger partial charge is 0.423 e. The topological polar surface area (TPSA) is 64.5 Å². The molecule has 0 aliphatic carbocycles. The first-order chi connectivity index (χ1) is 8.74. The molecule has 1 aromatic heterocycles. The van der Waals surface area contributed by atoms with Gasteiger partial charge >= 0.3 is 0 Å². The van der Waals surface area contributed by atoms with E-state index in [9.17, 15) is 0 Å². The number of anilines is 2. The third-order valence-electron chi connectivity index (χ3n) is 2.76. The van der Waals surface area contributed by atoms with Gasteiger partial charge in [-0.05, 0) is 26.0 Å². The molecule has 0 radical (unpaired) electrons. The number of oxazole rings is 1. The van der Waals surface area contributed by atoms with Gasteiger partial charge in [-0.15, -0.1) is 0 Å². The van der Waals surface area contributed by atoms with E-state index < -0.39 is 0 Å². The second kappa shape index (κ2) is 5.73. The smallest absolute Gasteiger partial charge is 0.298 e. The Morgan fingerprint density at radius 1 is 1.39 bits per heavy atom. The Morgan fingerprint density at radius 3 is 2.94 bits per heavy atom. The molecular formula is C13H19N3O2. The van der Waals surface area contributed by atoms with Crippen molar-refractivity contribution in [3.63, 3.8) is 0 Å². The second-order valence-electron chi connectivity index (χ2n) is 4.00. The molecule has 2 rings (SSSR count). The van der Waals surface area contributed by atoms with Crippen LogP contribution in [0, 0.1) is 0 Å². The highest BCUT2D eigenvalue weighted by atomic mass is 16.5. The molecule has 0 bridgehead atoms. The molecule has 0 saturated heterocycles. The molecular weight excluding hydrogens is 230 g/mol. The Labute approximate surface area is 107 Å². The summed E-state index contributed by atoms with van der Waals surface area (Å²) in [7, 11) is 0. The van der Waals surface area contributed by atoms with E-state index in [0.717, 1.165) is 30.8 Å². The third kappa shape index (κ3) is 2.73. The number of likely N-dealkylation sites (N-methyl/N-ethyl adjacent to an activating group) is 1. The molecule has 0 spiro atoms. The van der Waals surface area contributed by atoms with Crippen LogP contribution >= 0.6 is 0 Å². The van der Waals surface area contributed by atoms with Crippen molar-refractivity contribution in [1.82, 2.24) is 4.98 Å². The summed E-state index contributed by atoms with van der Waals surface area (Å²) in [4.78, 5) is 6.50. The Morgan fingerprint density at radius 2 is 2.22 bits per heavy atom. The Hall–Kier alpha value is -1.75. The first kappa shape index (κ1) is 12.7. The van der Waals surface area contributed by atoms with Gasteiger partial charge in [-0.25, -0.2) is 0 Å². The number of fused-ring (bicyclic) bond motifs is 1. The number of hydrogen-bond donors (Lipinski definition) is 1. The van der Waals surface area contributed by atoms with Crippen LogP contribution in [0.4, 0.5) is 11.7 Å². The van der Waals surface area contributed by atoms with E-state index in [2.05, 4.69) is 11.9 Å². The van der Waals surface area contributed by atoms with Crippen LogP contribution in [0.5, 0.6) is 0 Å². The fourth-order valence-electron chi connectivity index (χ4n) is 1.77. The molecule has 5 nitrogen and oxygen atoms in total. The quantitative estimate of drug-likeness (QED) is 0.628. The van der Waals surface area contributed by atoms with Gasteiger partial charge in [0, 0.05) is 31.5 Å². The summed E-state index contributed by atoms with van der Waals surface area (Å²) in [6.45, 7) is 7.04. The first-order valence-electron chi connectivity index (χ1n) is 6.23. The van der Waals surface area contributed by atoms with Crippen LogP contribution in [0.1, 0.15) is 13.8 Å².